The SMILES string of the molecule is CCc1cccc(-c2cnc(C#CCOCCOCCC(=O)OC)c(NC(=O)CNCC3CCN(C)C(=O)C3)c2)c1. The van der Waals surface area contributed by atoms with Gasteiger partial charge >= 0.3 is 5.97 Å². The Bertz CT molecular complexity index is 1240. The van der Waals surface area contributed by atoms with E-state index in [2.05, 4.69) is 51.3 Å². The van der Waals surface area contributed by atoms with Crippen molar-refractivity contribution >= 4 is 23.5 Å². The topological polar surface area (TPSA) is 119 Å². The summed E-state index contributed by atoms with van der Waals surface area (Å²) in [4.78, 5) is 42.2. The van der Waals surface area contributed by atoms with Crippen LogP contribution in [0.15, 0.2) is 36.5 Å². The fraction of sp³-hybridized carbons (Fsp3) is 0.484. The number of benzene rings is 1. The van der Waals surface area contributed by atoms with Crippen LogP contribution in [0.25, 0.3) is 11.1 Å². The van der Waals surface area contributed by atoms with Crippen LogP contribution in [0.4, 0.5) is 5.69 Å². The summed E-state index contributed by atoms with van der Waals surface area (Å²) < 4.78 is 15.4. The van der Waals surface area contributed by atoms with E-state index in [-0.39, 0.29) is 49.9 Å². The largest absolute Gasteiger partial charge is 0.469 e. The molecule has 0 radical (unpaired) electrons. The number of pyridine rings is 1. The van der Waals surface area contributed by atoms with Crippen LogP contribution in [0.1, 0.15) is 37.4 Å². The molecule has 1 aromatic carbocycles. The molecule has 0 spiro atoms. The number of nitrogens with zero attached hydrogens (tertiary/aromatic N) is 2. The first kappa shape index (κ1) is 31.7. The lowest BCUT2D eigenvalue weighted by Gasteiger charge is -2.28. The van der Waals surface area contributed by atoms with E-state index in [0.29, 0.717) is 37.6 Å². The van der Waals surface area contributed by atoms with Crippen molar-refractivity contribution in [3.05, 3.63) is 47.8 Å². The molecule has 1 unspecified atom stereocenters. The predicted octanol–water partition coefficient (Wildman–Crippen LogP) is 2.66. The number of hydrogen-bond acceptors (Lipinski definition) is 8. The Balaban J connectivity index is 1.59. The van der Waals surface area contributed by atoms with Crippen LogP contribution in [0, 0.1) is 17.8 Å². The Morgan fingerprint density at radius 2 is 1.98 bits per heavy atom. The highest BCUT2D eigenvalue weighted by molar-refractivity contribution is 5.94. The fourth-order valence-corrected chi connectivity index (χ4v) is 4.27. The molecular formula is C31H40N4O6. The number of likely N-dealkylation sites (tertiary alicyclic amines) is 1. The van der Waals surface area contributed by atoms with Crippen molar-refractivity contribution in [3.8, 4) is 23.0 Å². The molecule has 1 aromatic heterocycles. The Morgan fingerprint density at radius 3 is 2.76 bits per heavy atom. The van der Waals surface area contributed by atoms with Crippen LogP contribution in [-0.4, -0.2) is 87.9 Å². The molecule has 3 rings (SSSR count). The van der Waals surface area contributed by atoms with Gasteiger partial charge in [0.15, 0.2) is 0 Å². The molecule has 0 aliphatic carbocycles. The maximum absolute atomic E-state index is 12.8. The van der Waals surface area contributed by atoms with Gasteiger partial charge in [-0.2, -0.15) is 0 Å². The van der Waals surface area contributed by atoms with Crippen LogP contribution >= 0.6 is 0 Å². The molecule has 1 aliphatic rings. The minimum absolute atomic E-state index is 0.113. The average Bonchev–Trinajstić information content (AvgIpc) is 2.98. The molecule has 2 amide bonds. The van der Waals surface area contributed by atoms with Gasteiger partial charge in [0.05, 0.1) is 45.6 Å². The van der Waals surface area contributed by atoms with Crippen LogP contribution < -0.4 is 10.6 Å². The molecule has 1 aliphatic heterocycles. The van der Waals surface area contributed by atoms with Gasteiger partial charge in [0.1, 0.15) is 12.3 Å². The monoisotopic (exact) mass is 564 g/mol. The standard InChI is InChI=1S/C31H40N4O6/c1-4-23-7-5-8-25(17-23)26-19-28(34-29(36)22-32-20-24-10-12-35(2)30(37)18-24)27(33-21-26)9-6-13-40-15-16-41-14-11-31(38)39-3/h5,7-8,17,19,21,24,32H,4,10-16,18,20,22H2,1-3H3,(H,34,36). The number of aromatic nitrogens is 1. The zero-order valence-electron chi connectivity index (χ0n) is 24.2. The molecule has 10 nitrogen and oxygen atoms in total. The van der Waals surface area contributed by atoms with Gasteiger partial charge in [-0.25, -0.2) is 4.98 Å². The number of anilines is 1. The second-order valence-electron chi connectivity index (χ2n) is 9.82. The number of ether oxygens (including phenoxy) is 3. The van der Waals surface area contributed by atoms with Gasteiger partial charge < -0.3 is 29.7 Å². The van der Waals surface area contributed by atoms with Crippen LogP contribution in [0.3, 0.4) is 0 Å². The summed E-state index contributed by atoms with van der Waals surface area (Å²) in [5.41, 5.74) is 4.05. The molecule has 2 N–H and O–H groups in total. The normalized spacial score (nSPS) is 14.8. The minimum Gasteiger partial charge on any atom is -0.469 e. The molecular weight excluding hydrogens is 524 g/mol. The number of piperidine rings is 1. The summed E-state index contributed by atoms with van der Waals surface area (Å²) in [5.74, 6) is 5.76. The molecule has 2 aromatic rings. The van der Waals surface area contributed by atoms with E-state index in [0.717, 1.165) is 30.5 Å². The second-order valence-corrected chi connectivity index (χ2v) is 9.82. The van der Waals surface area contributed by atoms with Crippen molar-refractivity contribution in [2.24, 2.45) is 5.92 Å². The van der Waals surface area contributed by atoms with Crippen molar-refractivity contribution in [1.82, 2.24) is 15.2 Å². The third-order valence-electron chi connectivity index (χ3n) is 6.74. The lowest BCUT2D eigenvalue weighted by atomic mass is 9.96. The van der Waals surface area contributed by atoms with Crippen molar-refractivity contribution in [2.45, 2.75) is 32.6 Å². The van der Waals surface area contributed by atoms with Crippen LogP contribution in [-0.2, 0) is 35.0 Å². The van der Waals surface area contributed by atoms with Gasteiger partial charge in [-0.3, -0.25) is 14.4 Å². The summed E-state index contributed by atoms with van der Waals surface area (Å²) in [6, 6.07) is 10.1. The highest BCUT2D eigenvalue weighted by Crippen LogP contribution is 2.25. The van der Waals surface area contributed by atoms with Crippen molar-refractivity contribution < 1.29 is 28.6 Å². The molecule has 2 heterocycles. The Kier molecular flexibility index (Phi) is 13.3. The van der Waals surface area contributed by atoms with Gasteiger partial charge in [-0.1, -0.05) is 37.1 Å². The molecule has 1 fully saturated rings. The van der Waals surface area contributed by atoms with Crippen molar-refractivity contribution in [3.63, 3.8) is 0 Å². The van der Waals surface area contributed by atoms with E-state index in [1.165, 1.54) is 12.7 Å². The van der Waals surface area contributed by atoms with Crippen molar-refractivity contribution in [2.75, 3.05) is 65.5 Å². The zero-order chi connectivity index (χ0) is 29.5. The highest BCUT2D eigenvalue weighted by Gasteiger charge is 2.23. The quantitative estimate of drug-likeness (QED) is 0.204. The second kappa shape index (κ2) is 17.1. The summed E-state index contributed by atoms with van der Waals surface area (Å²) in [7, 11) is 3.16. The smallest absolute Gasteiger partial charge is 0.307 e. The van der Waals surface area contributed by atoms with Crippen LogP contribution in [0.5, 0.6) is 0 Å². The van der Waals surface area contributed by atoms with E-state index in [1.807, 2.05) is 25.2 Å². The summed E-state index contributed by atoms with van der Waals surface area (Å²) >= 11 is 0. The predicted molar refractivity (Wildman–Crippen MR) is 156 cm³/mol. The molecule has 0 bridgehead atoms. The van der Waals surface area contributed by atoms with Gasteiger partial charge in [0.25, 0.3) is 0 Å². The van der Waals surface area contributed by atoms with E-state index in [9.17, 15) is 14.4 Å². The molecule has 220 valence electrons. The summed E-state index contributed by atoms with van der Waals surface area (Å²) in [5, 5.41) is 6.14. The third kappa shape index (κ3) is 11.0. The first-order chi connectivity index (χ1) is 19.9. The van der Waals surface area contributed by atoms with Gasteiger partial charge in [-0.15, -0.1) is 0 Å². The molecule has 10 heteroatoms. The average molecular weight is 565 g/mol. The number of esters is 1. The summed E-state index contributed by atoms with van der Waals surface area (Å²) in [6.45, 7) is 4.65. The third-order valence-corrected chi connectivity index (χ3v) is 6.74. The molecule has 1 saturated heterocycles. The van der Waals surface area contributed by atoms with E-state index >= 15 is 0 Å². The molecule has 1 atom stereocenters. The lowest BCUT2D eigenvalue weighted by molar-refractivity contribution is -0.142. The zero-order valence-corrected chi connectivity index (χ0v) is 24.2. The van der Waals surface area contributed by atoms with Crippen molar-refractivity contribution in [1.29, 1.82) is 0 Å². The van der Waals surface area contributed by atoms with E-state index in [4.69, 9.17) is 9.47 Å². The lowest BCUT2D eigenvalue weighted by Crippen LogP contribution is -2.40. The highest BCUT2D eigenvalue weighted by atomic mass is 16.5. The number of hydrogen-bond donors (Lipinski definition) is 2. The first-order valence-corrected chi connectivity index (χ1v) is 13.9. The first-order valence-electron chi connectivity index (χ1n) is 13.9. The number of rotatable bonds is 14. The minimum atomic E-state index is -0.319. The number of carbonyl (C=O) groups excluding carboxylic acids is 3. The molecule has 0 saturated carbocycles. The maximum Gasteiger partial charge on any atom is 0.307 e. The number of methoxy groups -OCH3 is 1. The number of amides is 2. The van der Waals surface area contributed by atoms with Gasteiger partial charge in [0, 0.05) is 31.8 Å². The number of carbonyl (C=O) groups is 3. The van der Waals surface area contributed by atoms with Gasteiger partial charge in [-0.05, 0) is 48.4 Å². The Morgan fingerprint density at radius 1 is 1.15 bits per heavy atom. The summed E-state index contributed by atoms with van der Waals surface area (Å²) in [6.07, 6.45) is 4.28. The maximum atomic E-state index is 12.8. The Labute approximate surface area is 242 Å². The number of aryl methyl sites for hydroxylation is 1. The van der Waals surface area contributed by atoms with E-state index in [1.54, 1.807) is 11.1 Å². The van der Waals surface area contributed by atoms with Gasteiger partial charge in [0.2, 0.25) is 11.8 Å². The molecule has 41 heavy (non-hydrogen) atoms. The van der Waals surface area contributed by atoms with Crippen LogP contribution in [0.2, 0.25) is 0 Å². The fourth-order valence-electron chi connectivity index (χ4n) is 4.27. The van der Waals surface area contributed by atoms with E-state index < -0.39 is 0 Å². The Hall–Kier alpha value is -3.78. The number of nitrogens with one attached hydrogen (secondary N) is 2.